The van der Waals surface area contributed by atoms with Gasteiger partial charge in [-0.05, 0) is 37.0 Å². The molecule has 1 aromatic heterocycles. The van der Waals surface area contributed by atoms with E-state index >= 15 is 0 Å². The lowest BCUT2D eigenvalue weighted by Crippen LogP contribution is -2.00. The minimum absolute atomic E-state index is 0.0378. The van der Waals surface area contributed by atoms with Gasteiger partial charge in [-0.3, -0.25) is 4.68 Å². The minimum Gasteiger partial charge on any atom is -0.496 e. The van der Waals surface area contributed by atoms with Gasteiger partial charge in [0.1, 0.15) is 23.4 Å². The molecular weight excluding hydrogens is 266 g/mol. The van der Waals surface area contributed by atoms with Crippen LogP contribution in [0.1, 0.15) is 30.2 Å². The normalized spacial score (nSPS) is 18.1. The van der Waals surface area contributed by atoms with Crippen molar-refractivity contribution in [2.24, 2.45) is 7.05 Å². The zero-order valence-corrected chi connectivity index (χ0v) is 12.7. The van der Waals surface area contributed by atoms with Crippen LogP contribution in [-0.4, -0.2) is 23.5 Å². The van der Waals surface area contributed by atoms with Gasteiger partial charge in [0.05, 0.1) is 7.11 Å². The van der Waals surface area contributed by atoms with Crippen LogP contribution in [-0.2, 0) is 11.8 Å². The Morgan fingerprint density at radius 2 is 2.24 bits per heavy atom. The number of ether oxygens (including phenoxy) is 2. The van der Waals surface area contributed by atoms with Crippen molar-refractivity contribution in [1.82, 2.24) is 9.78 Å². The van der Waals surface area contributed by atoms with E-state index in [-0.39, 0.29) is 6.10 Å². The predicted octanol–water partition coefficient (Wildman–Crippen LogP) is 2.84. The predicted molar refractivity (Wildman–Crippen MR) is 82.3 cm³/mol. The molecule has 1 saturated heterocycles. The van der Waals surface area contributed by atoms with Gasteiger partial charge in [0.25, 0.3) is 0 Å². The zero-order valence-electron chi connectivity index (χ0n) is 12.7. The molecule has 112 valence electrons. The number of nitrogens with zero attached hydrogens (tertiary/aromatic N) is 2. The molecule has 2 N–H and O–H groups in total. The van der Waals surface area contributed by atoms with Crippen molar-refractivity contribution in [3.63, 3.8) is 0 Å². The van der Waals surface area contributed by atoms with Gasteiger partial charge in [-0.2, -0.15) is 5.10 Å². The first-order chi connectivity index (χ1) is 10.1. The number of benzene rings is 1. The monoisotopic (exact) mass is 287 g/mol. The highest BCUT2D eigenvalue weighted by molar-refractivity contribution is 5.78. The number of aryl methyl sites for hydroxylation is 2. The second-order valence-electron chi connectivity index (χ2n) is 5.46. The highest BCUT2D eigenvalue weighted by atomic mass is 16.5. The average Bonchev–Trinajstić information content (AvgIpc) is 3.09. The van der Waals surface area contributed by atoms with Crippen LogP contribution in [0.2, 0.25) is 0 Å². The number of rotatable bonds is 3. The molecular formula is C16H21N3O2. The van der Waals surface area contributed by atoms with Crippen LogP contribution in [0.4, 0.5) is 5.82 Å². The Bertz CT molecular complexity index is 658. The third kappa shape index (κ3) is 2.38. The Kier molecular flexibility index (Phi) is 3.59. The van der Waals surface area contributed by atoms with Crippen molar-refractivity contribution in [3.8, 4) is 16.9 Å². The standard InChI is InChI=1S/C16H21N3O2/c1-10-6-7-11(9-13(10)20-3)14-15(12-5-4-8-21-12)18-19(2)16(14)17/h6-7,9,12H,4-5,8,17H2,1-3H3. The average molecular weight is 287 g/mol. The van der Waals surface area contributed by atoms with Crippen LogP contribution in [0.3, 0.4) is 0 Å². The summed E-state index contributed by atoms with van der Waals surface area (Å²) in [5, 5.41) is 4.57. The van der Waals surface area contributed by atoms with Crippen LogP contribution >= 0.6 is 0 Å². The molecule has 1 aliphatic rings. The summed E-state index contributed by atoms with van der Waals surface area (Å²) < 4.78 is 12.9. The quantitative estimate of drug-likeness (QED) is 0.943. The molecule has 0 radical (unpaired) electrons. The van der Waals surface area contributed by atoms with Crippen molar-refractivity contribution < 1.29 is 9.47 Å². The van der Waals surface area contributed by atoms with Gasteiger partial charge in [-0.25, -0.2) is 0 Å². The van der Waals surface area contributed by atoms with Crippen molar-refractivity contribution in [2.75, 3.05) is 19.5 Å². The molecule has 5 heteroatoms. The number of nitrogen functional groups attached to an aromatic ring is 1. The number of nitrogens with two attached hydrogens (primary N) is 1. The number of hydrogen-bond acceptors (Lipinski definition) is 4. The van der Waals surface area contributed by atoms with Crippen molar-refractivity contribution in [2.45, 2.75) is 25.9 Å². The summed E-state index contributed by atoms with van der Waals surface area (Å²) in [6.07, 6.45) is 2.10. The number of anilines is 1. The van der Waals surface area contributed by atoms with Crippen molar-refractivity contribution >= 4 is 5.82 Å². The fourth-order valence-electron chi connectivity index (χ4n) is 2.85. The Morgan fingerprint density at radius 1 is 1.43 bits per heavy atom. The van der Waals surface area contributed by atoms with Crippen molar-refractivity contribution in [1.29, 1.82) is 0 Å². The highest BCUT2D eigenvalue weighted by Crippen LogP contribution is 2.39. The van der Waals surface area contributed by atoms with Gasteiger partial charge in [0, 0.05) is 19.2 Å². The molecule has 0 saturated carbocycles. The van der Waals surface area contributed by atoms with E-state index in [2.05, 4.69) is 11.2 Å². The molecule has 1 unspecified atom stereocenters. The van der Waals surface area contributed by atoms with Gasteiger partial charge in [0.2, 0.25) is 0 Å². The largest absolute Gasteiger partial charge is 0.496 e. The van der Waals surface area contributed by atoms with Gasteiger partial charge >= 0.3 is 0 Å². The third-order valence-electron chi connectivity index (χ3n) is 4.05. The molecule has 5 nitrogen and oxygen atoms in total. The van der Waals surface area contributed by atoms with Crippen molar-refractivity contribution in [3.05, 3.63) is 29.5 Å². The first-order valence-electron chi connectivity index (χ1n) is 7.20. The fraction of sp³-hybridized carbons (Fsp3) is 0.438. The summed E-state index contributed by atoms with van der Waals surface area (Å²) in [6, 6.07) is 6.12. The van der Waals surface area contributed by atoms with E-state index in [9.17, 15) is 0 Å². The molecule has 2 heterocycles. The van der Waals surface area contributed by atoms with E-state index in [4.69, 9.17) is 15.2 Å². The summed E-state index contributed by atoms with van der Waals surface area (Å²) >= 11 is 0. The minimum atomic E-state index is 0.0378. The Morgan fingerprint density at radius 3 is 2.90 bits per heavy atom. The maximum Gasteiger partial charge on any atom is 0.129 e. The SMILES string of the molecule is COc1cc(-c2c(C3CCCO3)nn(C)c2N)ccc1C. The lowest BCUT2D eigenvalue weighted by molar-refractivity contribution is 0.108. The molecule has 21 heavy (non-hydrogen) atoms. The Labute approximate surface area is 124 Å². The molecule has 0 bridgehead atoms. The smallest absolute Gasteiger partial charge is 0.129 e. The third-order valence-corrected chi connectivity index (χ3v) is 4.05. The van der Waals surface area contributed by atoms with E-state index in [1.807, 2.05) is 26.1 Å². The lowest BCUT2D eigenvalue weighted by atomic mass is 10.00. The van der Waals surface area contributed by atoms with Gasteiger partial charge < -0.3 is 15.2 Å². The Hall–Kier alpha value is -2.01. The summed E-state index contributed by atoms with van der Waals surface area (Å²) in [6.45, 7) is 2.81. The lowest BCUT2D eigenvalue weighted by Gasteiger charge is -2.11. The van der Waals surface area contributed by atoms with Gasteiger partial charge in [-0.1, -0.05) is 12.1 Å². The molecule has 1 aliphatic heterocycles. The second kappa shape index (κ2) is 5.41. The van der Waals surface area contributed by atoms with Gasteiger partial charge in [-0.15, -0.1) is 0 Å². The molecule has 0 amide bonds. The Balaban J connectivity index is 2.12. The first-order valence-corrected chi connectivity index (χ1v) is 7.20. The number of aromatic nitrogens is 2. The van der Waals surface area contributed by atoms with E-state index in [1.54, 1.807) is 11.8 Å². The molecule has 1 atom stereocenters. The van der Waals surface area contributed by atoms with Crippen LogP contribution in [0.5, 0.6) is 5.75 Å². The van der Waals surface area contributed by atoms with Crippen LogP contribution < -0.4 is 10.5 Å². The zero-order chi connectivity index (χ0) is 15.0. The summed E-state index contributed by atoms with van der Waals surface area (Å²) in [7, 11) is 3.54. The fourth-order valence-corrected chi connectivity index (χ4v) is 2.85. The van der Waals surface area contributed by atoms with Crippen LogP contribution in [0, 0.1) is 6.92 Å². The molecule has 1 aromatic carbocycles. The molecule has 2 aromatic rings. The van der Waals surface area contributed by atoms with Crippen LogP contribution in [0.15, 0.2) is 18.2 Å². The van der Waals surface area contributed by atoms with Gasteiger partial charge in [0.15, 0.2) is 0 Å². The molecule has 0 spiro atoms. The summed E-state index contributed by atoms with van der Waals surface area (Å²) in [5.74, 6) is 1.51. The molecule has 3 rings (SSSR count). The molecule has 0 aliphatic carbocycles. The topological polar surface area (TPSA) is 62.3 Å². The van der Waals surface area contributed by atoms with E-state index in [0.29, 0.717) is 5.82 Å². The van der Waals surface area contributed by atoms with Crippen LogP contribution in [0.25, 0.3) is 11.1 Å². The second-order valence-corrected chi connectivity index (χ2v) is 5.46. The first kappa shape index (κ1) is 13.9. The van der Waals surface area contributed by atoms with E-state index < -0.39 is 0 Å². The maximum absolute atomic E-state index is 6.24. The number of hydrogen-bond donors (Lipinski definition) is 1. The highest BCUT2D eigenvalue weighted by Gasteiger charge is 2.27. The van der Waals surface area contributed by atoms with E-state index in [0.717, 1.165) is 47.6 Å². The van der Waals surface area contributed by atoms with E-state index in [1.165, 1.54) is 0 Å². The summed E-state index contributed by atoms with van der Waals surface area (Å²) in [4.78, 5) is 0. The number of methoxy groups -OCH3 is 1. The summed E-state index contributed by atoms with van der Waals surface area (Å²) in [5.41, 5.74) is 10.2. The maximum atomic E-state index is 6.24. The molecule has 1 fully saturated rings.